The van der Waals surface area contributed by atoms with Crippen molar-refractivity contribution in [1.82, 2.24) is 5.32 Å². The Balaban J connectivity index is 1.94. The average molecular weight is 241 g/mol. The first-order chi connectivity index (χ1) is 7.91. The molecule has 1 saturated heterocycles. The van der Waals surface area contributed by atoms with Crippen LogP contribution in [0.15, 0.2) is 0 Å². The molecule has 17 heavy (non-hydrogen) atoms. The van der Waals surface area contributed by atoms with Gasteiger partial charge in [0.15, 0.2) is 0 Å². The van der Waals surface area contributed by atoms with Gasteiger partial charge < -0.3 is 15.2 Å². The highest BCUT2D eigenvalue weighted by molar-refractivity contribution is 5.67. The SMILES string of the molecule is CC1(C)CCC2(CC1)CNCC(CC(=O)O)O2. The van der Waals surface area contributed by atoms with E-state index in [0.29, 0.717) is 12.0 Å². The minimum absolute atomic E-state index is 0.103. The molecule has 0 radical (unpaired) electrons. The molecule has 0 aromatic heterocycles. The highest BCUT2D eigenvalue weighted by Crippen LogP contribution is 2.43. The second-order valence-electron chi connectivity index (χ2n) is 6.32. The van der Waals surface area contributed by atoms with Gasteiger partial charge in [0.25, 0.3) is 0 Å². The largest absolute Gasteiger partial charge is 0.481 e. The quantitative estimate of drug-likeness (QED) is 0.774. The summed E-state index contributed by atoms with van der Waals surface area (Å²) in [4.78, 5) is 10.7. The lowest BCUT2D eigenvalue weighted by atomic mass is 9.70. The van der Waals surface area contributed by atoms with Crippen molar-refractivity contribution in [3.8, 4) is 0 Å². The highest BCUT2D eigenvalue weighted by atomic mass is 16.5. The first-order valence-corrected chi connectivity index (χ1v) is 6.51. The van der Waals surface area contributed by atoms with Gasteiger partial charge in [-0.15, -0.1) is 0 Å². The number of morpholine rings is 1. The maximum atomic E-state index is 10.7. The Morgan fingerprint density at radius 1 is 1.35 bits per heavy atom. The lowest BCUT2D eigenvalue weighted by molar-refractivity contribution is -0.161. The van der Waals surface area contributed by atoms with Crippen LogP contribution >= 0.6 is 0 Å². The van der Waals surface area contributed by atoms with E-state index in [4.69, 9.17) is 9.84 Å². The molecule has 0 aromatic rings. The molecule has 2 fully saturated rings. The average Bonchev–Trinajstić information content (AvgIpc) is 2.23. The smallest absolute Gasteiger partial charge is 0.306 e. The normalized spacial score (nSPS) is 31.3. The van der Waals surface area contributed by atoms with Crippen LogP contribution in [0.5, 0.6) is 0 Å². The van der Waals surface area contributed by atoms with Gasteiger partial charge in [-0.1, -0.05) is 13.8 Å². The van der Waals surface area contributed by atoms with Crippen molar-refractivity contribution in [2.45, 2.75) is 57.7 Å². The minimum Gasteiger partial charge on any atom is -0.481 e. The van der Waals surface area contributed by atoms with Crippen LogP contribution in [0.25, 0.3) is 0 Å². The van der Waals surface area contributed by atoms with Gasteiger partial charge in [-0.25, -0.2) is 0 Å². The molecular formula is C13H23NO3. The summed E-state index contributed by atoms with van der Waals surface area (Å²) in [6.07, 6.45) is 4.36. The molecule has 1 spiro atoms. The standard InChI is InChI=1S/C13H23NO3/c1-12(2)3-5-13(6-4-12)9-14-8-10(17-13)7-11(15)16/h10,14H,3-9H2,1-2H3,(H,15,16). The molecule has 1 atom stereocenters. The molecule has 1 aliphatic heterocycles. The fraction of sp³-hybridized carbons (Fsp3) is 0.923. The number of rotatable bonds is 2. The molecule has 2 rings (SSSR count). The van der Waals surface area contributed by atoms with Crippen molar-refractivity contribution in [3.63, 3.8) is 0 Å². The zero-order valence-corrected chi connectivity index (χ0v) is 10.8. The van der Waals surface area contributed by atoms with E-state index in [2.05, 4.69) is 19.2 Å². The Kier molecular flexibility index (Phi) is 3.46. The summed E-state index contributed by atoms with van der Waals surface area (Å²) < 4.78 is 6.08. The van der Waals surface area contributed by atoms with Crippen molar-refractivity contribution in [2.75, 3.05) is 13.1 Å². The summed E-state index contributed by atoms with van der Waals surface area (Å²) in [7, 11) is 0. The van der Waals surface area contributed by atoms with Crippen LogP contribution in [-0.2, 0) is 9.53 Å². The van der Waals surface area contributed by atoms with Crippen LogP contribution < -0.4 is 5.32 Å². The van der Waals surface area contributed by atoms with Crippen molar-refractivity contribution < 1.29 is 14.6 Å². The molecular weight excluding hydrogens is 218 g/mol. The number of carbonyl (C=O) groups is 1. The third-order valence-electron chi connectivity index (χ3n) is 4.15. The Bertz CT molecular complexity index is 291. The van der Waals surface area contributed by atoms with E-state index < -0.39 is 5.97 Å². The van der Waals surface area contributed by atoms with E-state index >= 15 is 0 Å². The molecule has 1 aliphatic carbocycles. The summed E-state index contributed by atoms with van der Waals surface area (Å²) in [6, 6.07) is 0. The molecule has 0 bridgehead atoms. The third kappa shape index (κ3) is 3.19. The molecule has 4 nitrogen and oxygen atoms in total. The van der Waals surface area contributed by atoms with E-state index in [9.17, 15) is 4.79 Å². The minimum atomic E-state index is -0.773. The van der Waals surface area contributed by atoms with Crippen LogP contribution in [0.1, 0.15) is 46.0 Å². The first-order valence-electron chi connectivity index (χ1n) is 6.51. The fourth-order valence-electron chi connectivity index (χ4n) is 2.88. The number of aliphatic carboxylic acids is 1. The molecule has 98 valence electrons. The molecule has 0 aromatic carbocycles. The van der Waals surface area contributed by atoms with Crippen LogP contribution in [0, 0.1) is 5.41 Å². The van der Waals surface area contributed by atoms with E-state index in [1.165, 1.54) is 0 Å². The molecule has 0 amide bonds. The predicted octanol–water partition coefficient (Wildman–Crippen LogP) is 1.79. The number of carboxylic acids is 1. The van der Waals surface area contributed by atoms with E-state index in [1.54, 1.807) is 0 Å². The topological polar surface area (TPSA) is 58.6 Å². The molecule has 4 heteroatoms. The summed E-state index contributed by atoms with van der Waals surface area (Å²) in [5.41, 5.74) is 0.308. The maximum Gasteiger partial charge on any atom is 0.306 e. The van der Waals surface area contributed by atoms with Gasteiger partial charge in [-0.2, -0.15) is 0 Å². The van der Waals surface area contributed by atoms with Crippen molar-refractivity contribution in [2.24, 2.45) is 5.41 Å². The first kappa shape index (κ1) is 12.8. The summed E-state index contributed by atoms with van der Waals surface area (Å²) in [6.45, 7) is 6.13. The van der Waals surface area contributed by atoms with Gasteiger partial charge in [0.1, 0.15) is 0 Å². The number of nitrogens with one attached hydrogen (secondary N) is 1. The van der Waals surface area contributed by atoms with Gasteiger partial charge in [0.05, 0.1) is 18.1 Å². The van der Waals surface area contributed by atoms with Gasteiger partial charge in [0.2, 0.25) is 0 Å². The zero-order valence-electron chi connectivity index (χ0n) is 10.8. The third-order valence-corrected chi connectivity index (χ3v) is 4.15. The van der Waals surface area contributed by atoms with Gasteiger partial charge >= 0.3 is 5.97 Å². The molecule has 2 aliphatic rings. The second-order valence-corrected chi connectivity index (χ2v) is 6.32. The van der Waals surface area contributed by atoms with E-state index in [1.807, 2.05) is 0 Å². The zero-order chi connectivity index (χ0) is 12.5. The summed E-state index contributed by atoms with van der Waals surface area (Å²) >= 11 is 0. The van der Waals surface area contributed by atoms with Crippen LogP contribution in [0.2, 0.25) is 0 Å². The molecule has 2 N–H and O–H groups in total. The highest BCUT2D eigenvalue weighted by Gasteiger charge is 2.42. The van der Waals surface area contributed by atoms with Crippen molar-refractivity contribution in [3.05, 3.63) is 0 Å². The summed E-state index contributed by atoms with van der Waals surface area (Å²) in [5, 5.41) is 12.2. The molecule has 1 heterocycles. The fourth-order valence-corrected chi connectivity index (χ4v) is 2.88. The Morgan fingerprint density at radius 2 is 2.00 bits per heavy atom. The number of hydrogen-bond acceptors (Lipinski definition) is 3. The molecule has 1 saturated carbocycles. The predicted molar refractivity (Wildman–Crippen MR) is 65.0 cm³/mol. The number of hydrogen-bond donors (Lipinski definition) is 2. The van der Waals surface area contributed by atoms with Crippen LogP contribution in [-0.4, -0.2) is 35.9 Å². The van der Waals surface area contributed by atoms with Gasteiger partial charge in [-0.05, 0) is 31.1 Å². The van der Waals surface area contributed by atoms with Crippen LogP contribution in [0.4, 0.5) is 0 Å². The number of ether oxygens (including phenoxy) is 1. The Morgan fingerprint density at radius 3 is 2.59 bits per heavy atom. The number of carboxylic acid groups (broad SMARTS) is 1. The second kappa shape index (κ2) is 4.58. The Labute approximate surface area is 103 Å². The van der Waals surface area contributed by atoms with E-state index in [0.717, 1.165) is 32.2 Å². The molecule has 1 unspecified atom stereocenters. The Hall–Kier alpha value is -0.610. The van der Waals surface area contributed by atoms with Crippen LogP contribution in [0.3, 0.4) is 0 Å². The lowest BCUT2D eigenvalue weighted by Gasteiger charge is -2.47. The van der Waals surface area contributed by atoms with Gasteiger partial charge in [-0.3, -0.25) is 4.79 Å². The van der Waals surface area contributed by atoms with Crippen molar-refractivity contribution >= 4 is 5.97 Å². The van der Waals surface area contributed by atoms with Gasteiger partial charge in [0, 0.05) is 13.1 Å². The lowest BCUT2D eigenvalue weighted by Crippen LogP contribution is -2.56. The summed E-state index contributed by atoms with van der Waals surface area (Å²) in [5.74, 6) is -0.773. The maximum absolute atomic E-state index is 10.7. The monoisotopic (exact) mass is 241 g/mol. The van der Waals surface area contributed by atoms with Crippen molar-refractivity contribution in [1.29, 1.82) is 0 Å². The van der Waals surface area contributed by atoms with E-state index in [-0.39, 0.29) is 18.1 Å².